The third kappa shape index (κ3) is 2.22. The number of nitrogens with one attached hydrogen (secondary N) is 1. The van der Waals surface area contributed by atoms with Gasteiger partial charge in [0, 0.05) is 42.5 Å². The summed E-state index contributed by atoms with van der Waals surface area (Å²) in [4.78, 5) is 22.6. The fourth-order valence-electron chi connectivity index (χ4n) is 3.59. The van der Waals surface area contributed by atoms with Gasteiger partial charge in [0.2, 0.25) is 5.91 Å². The lowest BCUT2D eigenvalue weighted by Crippen LogP contribution is -2.44. The molecule has 2 atom stereocenters. The molecule has 7 heteroatoms. The van der Waals surface area contributed by atoms with Gasteiger partial charge in [0.15, 0.2) is 5.65 Å². The van der Waals surface area contributed by atoms with Crippen molar-refractivity contribution in [3.8, 4) is 6.07 Å². The summed E-state index contributed by atoms with van der Waals surface area (Å²) >= 11 is 0. The number of nitrogens with zero attached hydrogens (tertiary/aromatic N) is 5. The van der Waals surface area contributed by atoms with E-state index in [0.717, 1.165) is 28.4 Å². The van der Waals surface area contributed by atoms with E-state index in [1.54, 1.807) is 11.1 Å². The van der Waals surface area contributed by atoms with Gasteiger partial charge in [-0.25, -0.2) is 9.97 Å². The summed E-state index contributed by atoms with van der Waals surface area (Å²) in [5, 5.41) is 14.2. The maximum absolute atomic E-state index is 12.1. The van der Waals surface area contributed by atoms with E-state index in [9.17, 15) is 4.79 Å². The highest BCUT2D eigenvalue weighted by Crippen LogP contribution is 2.32. The van der Waals surface area contributed by atoms with Crippen LogP contribution in [-0.4, -0.2) is 43.6 Å². The molecule has 1 N–H and O–H groups in total. The Morgan fingerprint density at radius 3 is 3.21 bits per heavy atom. The number of rotatable bonds is 2. The number of H-pyrrole nitrogens is 1. The van der Waals surface area contributed by atoms with Crippen molar-refractivity contribution in [2.75, 3.05) is 13.1 Å². The molecular weight excluding hydrogens is 304 g/mol. The van der Waals surface area contributed by atoms with Crippen molar-refractivity contribution >= 4 is 27.8 Å². The van der Waals surface area contributed by atoms with E-state index >= 15 is 0 Å². The molecule has 0 aromatic carbocycles. The van der Waals surface area contributed by atoms with Gasteiger partial charge in [-0.1, -0.05) is 6.92 Å². The summed E-state index contributed by atoms with van der Waals surface area (Å²) in [6.07, 6.45) is 6.39. The number of nitriles is 1. The normalized spacial score (nSPS) is 21.2. The molecule has 3 aromatic heterocycles. The van der Waals surface area contributed by atoms with Crippen LogP contribution in [-0.2, 0) is 4.79 Å². The summed E-state index contributed by atoms with van der Waals surface area (Å²) in [6.45, 7) is 3.53. The molecule has 7 nitrogen and oxygen atoms in total. The van der Waals surface area contributed by atoms with E-state index in [2.05, 4.69) is 26.7 Å². The van der Waals surface area contributed by atoms with E-state index in [4.69, 9.17) is 5.26 Å². The Bertz CT molecular complexity index is 949. The van der Waals surface area contributed by atoms with Crippen LogP contribution in [0, 0.1) is 17.2 Å². The molecular formula is C17H18N6O. The van der Waals surface area contributed by atoms with Crippen LogP contribution in [0.3, 0.4) is 0 Å². The number of hydrogen-bond donors (Lipinski definition) is 1. The van der Waals surface area contributed by atoms with E-state index < -0.39 is 0 Å². The molecule has 1 aliphatic rings. The van der Waals surface area contributed by atoms with E-state index in [1.807, 2.05) is 24.5 Å². The molecule has 24 heavy (non-hydrogen) atoms. The SMILES string of the molecule is C[C@@H]1CCN(C(=O)CC#N)C[C@@H]1n1[nH]cc2cnc3nccc3c21. The molecule has 0 bridgehead atoms. The third-order valence-electron chi connectivity index (χ3n) is 4.97. The zero-order chi connectivity index (χ0) is 16.7. The molecule has 1 saturated heterocycles. The average molecular weight is 322 g/mol. The van der Waals surface area contributed by atoms with Crippen molar-refractivity contribution in [1.29, 1.82) is 5.26 Å². The molecule has 4 heterocycles. The Kier molecular flexibility index (Phi) is 3.45. The van der Waals surface area contributed by atoms with Crippen molar-refractivity contribution in [1.82, 2.24) is 24.6 Å². The number of hydrogen-bond acceptors (Lipinski definition) is 4. The van der Waals surface area contributed by atoms with Crippen LogP contribution in [0.1, 0.15) is 25.8 Å². The smallest absolute Gasteiger partial charge is 0.236 e. The molecule has 122 valence electrons. The Labute approximate surface area is 138 Å². The van der Waals surface area contributed by atoms with Gasteiger partial charge in [-0.3, -0.25) is 9.48 Å². The number of carbonyl (C=O) groups excluding carboxylic acids is 1. The van der Waals surface area contributed by atoms with E-state index in [-0.39, 0.29) is 18.4 Å². The number of likely N-dealkylation sites (tertiary alicyclic amines) is 1. The van der Waals surface area contributed by atoms with Gasteiger partial charge >= 0.3 is 0 Å². The predicted molar refractivity (Wildman–Crippen MR) is 89.0 cm³/mol. The minimum atomic E-state index is -0.0901. The average Bonchev–Trinajstić information content (AvgIpc) is 3.21. The van der Waals surface area contributed by atoms with Gasteiger partial charge in [-0.15, -0.1) is 0 Å². The Balaban J connectivity index is 1.76. The zero-order valence-corrected chi connectivity index (χ0v) is 13.4. The van der Waals surface area contributed by atoms with Gasteiger partial charge in [0.25, 0.3) is 0 Å². The molecule has 1 aliphatic heterocycles. The molecule has 0 spiro atoms. The van der Waals surface area contributed by atoms with Crippen molar-refractivity contribution in [2.24, 2.45) is 5.92 Å². The number of amides is 1. The second kappa shape index (κ2) is 5.64. The summed E-state index contributed by atoms with van der Waals surface area (Å²) in [7, 11) is 0. The summed E-state index contributed by atoms with van der Waals surface area (Å²) in [5.41, 5.74) is 1.81. The standard InChI is InChI=1S/C17H18N6O/c1-11-4-7-22(15(24)2-5-18)10-14(11)23-16-12(9-21-23)8-20-17-13(16)3-6-19-17/h3,6,8-9,11,14,21H,2,4,7,10H2,1H3/t11-,14+/m1/s1. The molecule has 0 aliphatic carbocycles. The Hall–Kier alpha value is -2.88. The molecule has 0 unspecified atom stereocenters. The van der Waals surface area contributed by atoms with Crippen LogP contribution in [0.15, 0.2) is 24.7 Å². The quantitative estimate of drug-likeness (QED) is 0.783. The van der Waals surface area contributed by atoms with Crippen LogP contribution >= 0.6 is 0 Å². The number of pyridine rings is 1. The summed E-state index contributed by atoms with van der Waals surface area (Å²) in [5.74, 6) is 0.335. The lowest BCUT2D eigenvalue weighted by atomic mass is 9.93. The molecule has 1 fully saturated rings. The van der Waals surface area contributed by atoms with Crippen molar-refractivity contribution < 1.29 is 4.79 Å². The first-order chi connectivity index (χ1) is 11.7. The number of fused-ring (bicyclic) bond motifs is 3. The van der Waals surface area contributed by atoms with Crippen molar-refractivity contribution in [2.45, 2.75) is 25.8 Å². The number of carbonyl (C=O) groups is 1. The van der Waals surface area contributed by atoms with Crippen LogP contribution in [0.5, 0.6) is 0 Å². The van der Waals surface area contributed by atoms with Crippen molar-refractivity contribution in [3.05, 3.63) is 24.7 Å². The van der Waals surface area contributed by atoms with Gasteiger partial charge < -0.3 is 10.00 Å². The molecule has 3 aromatic rings. The number of aromatic amines is 1. The summed E-state index contributed by atoms with van der Waals surface area (Å²) < 4.78 is 2.14. The predicted octanol–water partition coefficient (Wildman–Crippen LogP) is 2.24. The van der Waals surface area contributed by atoms with Gasteiger partial charge in [-0.05, 0) is 18.4 Å². The Morgan fingerprint density at radius 1 is 1.50 bits per heavy atom. The third-order valence-corrected chi connectivity index (χ3v) is 4.97. The first-order valence-corrected chi connectivity index (χ1v) is 8.13. The first kappa shape index (κ1) is 14.7. The largest absolute Gasteiger partial charge is 0.340 e. The minimum absolute atomic E-state index is 0.0574. The number of piperidine rings is 1. The highest BCUT2D eigenvalue weighted by molar-refractivity contribution is 6.02. The Morgan fingerprint density at radius 2 is 2.38 bits per heavy atom. The highest BCUT2D eigenvalue weighted by Gasteiger charge is 2.31. The maximum Gasteiger partial charge on any atom is 0.236 e. The molecule has 4 rings (SSSR count). The lowest BCUT2D eigenvalue weighted by Gasteiger charge is -2.37. The minimum Gasteiger partial charge on any atom is -0.340 e. The van der Waals surface area contributed by atoms with E-state index in [0.29, 0.717) is 19.0 Å². The van der Waals surface area contributed by atoms with Gasteiger partial charge in [-0.2, -0.15) is 5.26 Å². The molecule has 0 saturated carbocycles. The second-order valence-corrected chi connectivity index (χ2v) is 6.40. The van der Waals surface area contributed by atoms with Gasteiger partial charge in [0.05, 0.1) is 17.6 Å². The topological polar surface area (TPSA) is 90.6 Å². The molecule has 0 radical (unpaired) electrons. The lowest BCUT2D eigenvalue weighted by molar-refractivity contribution is -0.132. The first-order valence-electron chi connectivity index (χ1n) is 8.13. The number of aromatic nitrogens is 4. The molecule has 1 amide bonds. The van der Waals surface area contributed by atoms with Crippen LogP contribution in [0.25, 0.3) is 21.9 Å². The highest BCUT2D eigenvalue weighted by atomic mass is 16.2. The fourth-order valence-corrected chi connectivity index (χ4v) is 3.59. The zero-order valence-electron chi connectivity index (χ0n) is 13.4. The van der Waals surface area contributed by atoms with Crippen LogP contribution in [0.2, 0.25) is 0 Å². The van der Waals surface area contributed by atoms with E-state index in [1.165, 1.54) is 0 Å². The van der Waals surface area contributed by atoms with Gasteiger partial charge in [0.1, 0.15) is 6.42 Å². The monoisotopic (exact) mass is 322 g/mol. The summed E-state index contributed by atoms with van der Waals surface area (Å²) in [6, 6.07) is 4.07. The second-order valence-electron chi connectivity index (χ2n) is 6.40. The van der Waals surface area contributed by atoms with Crippen LogP contribution in [0.4, 0.5) is 0 Å². The fraction of sp³-hybridized carbons (Fsp3) is 0.412. The van der Waals surface area contributed by atoms with Crippen LogP contribution < -0.4 is 0 Å². The maximum atomic E-state index is 12.1. The van der Waals surface area contributed by atoms with Crippen molar-refractivity contribution in [3.63, 3.8) is 0 Å².